The van der Waals surface area contributed by atoms with E-state index >= 15 is 0 Å². The Labute approximate surface area is 113 Å². The van der Waals surface area contributed by atoms with Gasteiger partial charge in [0, 0.05) is 23.2 Å². The summed E-state index contributed by atoms with van der Waals surface area (Å²) in [4.78, 5) is 5.65. The van der Waals surface area contributed by atoms with E-state index in [1.165, 1.54) is 11.4 Å². The molecular formula is C14H21N3S. The highest BCUT2D eigenvalue weighted by Crippen LogP contribution is 2.21. The molecule has 0 spiro atoms. The van der Waals surface area contributed by atoms with E-state index in [-0.39, 0.29) is 5.54 Å². The number of rotatable bonds is 3. The molecule has 0 saturated carbocycles. The van der Waals surface area contributed by atoms with E-state index < -0.39 is 0 Å². The van der Waals surface area contributed by atoms with Gasteiger partial charge in [0.25, 0.3) is 0 Å². The lowest BCUT2D eigenvalue weighted by molar-refractivity contribution is 0.450. The first-order valence-electron chi connectivity index (χ1n) is 6.23. The lowest BCUT2D eigenvalue weighted by Crippen LogP contribution is -2.35. The Morgan fingerprint density at radius 2 is 2.11 bits per heavy atom. The van der Waals surface area contributed by atoms with Crippen molar-refractivity contribution in [2.75, 3.05) is 6.54 Å². The zero-order valence-corrected chi connectivity index (χ0v) is 12.6. The van der Waals surface area contributed by atoms with Gasteiger partial charge in [-0.3, -0.25) is 4.40 Å². The molecule has 0 aromatic carbocycles. The third kappa shape index (κ3) is 2.82. The van der Waals surface area contributed by atoms with Gasteiger partial charge < -0.3 is 5.32 Å². The fourth-order valence-corrected chi connectivity index (χ4v) is 2.78. The van der Waals surface area contributed by atoms with Crippen LogP contribution in [0, 0.1) is 13.8 Å². The number of aryl methyl sites for hydroxylation is 2. The number of thiazole rings is 1. The van der Waals surface area contributed by atoms with Gasteiger partial charge in [-0.2, -0.15) is 0 Å². The minimum atomic E-state index is 0.157. The van der Waals surface area contributed by atoms with Crippen molar-refractivity contribution in [2.24, 2.45) is 0 Å². The van der Waals surface area contributed by atoms with Crippen molar-refractivity contribution < 1.29 is 0 Å². The average molecular weight is 263 g/mol. The number of nitrogens with one attached hydrogen (secondary N) is 1. The standard InChI is InChI=1S/C14H21N3S/c1-10-9-18-13-16-11(2)12(17(10)13)7-6-8-15-14(3,4)5/h6-7,9,15H,8H2,1-5H3. The summed E-state index contributed by atoms with van der Waals surface area (Å²) in [7, 11) is 0. The molecule has 4 heteroatoms. The number of fused-ring (bicyclic) bond motifs is 1. The molecule has 98 valence electrons. The topological polar surface area (TPSA) is 29.3 Å². The van der Waals surface area contributed by atoms with Gasteiger partial charge in [0.05, 0.1) is 11.4 Å². The number of hydrogen-bond donors (Lipinski definition) is 1. The summed E-state index contributed by atoms with van der Waals surface area (Å²) in [5.74, 6) is 0. The second-order valence-corrected chi connectivity index (χ2v) is 6.45. The van der Waals surface area contributed by atoms with Crippen LogP contribution < -0.4 is 5.32 Å². The van der Waals surface area contributed by atoms with Crippen LogP contribution in [0.3, 0.4) is 0 Å². The molecule has 0 amide bonds. The Morgan fingerprint density at radius 1 is 1.39 bits per heavy atom. The molecule has 0 unspecified atom stereocenters. The fourth-order valence-electron chi connectivity index (χ4n) is 1.86. The van der Waals surface area contributed by atoms with Crippen molar-refractivity contribution in [3.05, 3.63) is 28.5 Å². The van der Waals surface area contributed by atoms with Crippen LogP contribution in [-0.4, -0.2) is 21.5 Å². The molecule has 2 rings (SSSR count). The zero-order chi connectivity index (χ0) is 13.3. The van der Waals surface area contributed by atoms with E-state index in [1.54, 1.807) is 11.3 Å². The third-order valence-electron chi connectivity index (χ3n) is 2.78. The monoisotopic (exact) mass is 263 g/mol. The second-order valence-electron chi connectivity index (χ2n) is 5.61. The maximum Gasteiger partial charge on any atom is 0.194 e. The van der Waals surface area contributed by atoms with Crippen LogP contribution in [0.4, 0.5) is 0 Å². The summed E-state index contributed by atoms with van der Waals surface area (Å²) in [6.07, 6.45) is 4.33. The molecule has 0 aliphatic rings. The van der Waals surface area contributed by atoms with Crippen LogP contribution in [0.1, 0.15) is 37.9 Å². The van der Waals surface area contributed by atoms with E-state index in [1.807, 2.05) is 0 Å². The van der Waals surface area contributed by atoms with Gasteiger partial charge in [-0.05, 0) is 40.7 Å². The van der Waals surface area contributed by atoms with Gasteiger partial charge in [-0.1, -0.05) is 6.08 Å². The van der Waals surface area contributed by atoms with Gasteiger partial charge >= 0.3 is 0 Å². The Morgan fingerprint density at radius 3 is 2.78 bits per heavy atom. The number of aromatic nitrogens is 2. The smallest absolute Gasteiger partial charge is 0.194 e. The summed E-state index contributed by atoms with van der Waals surface area (Å²) < 4.78 is 2.22. The molecule has 0 atom stereocenters. The highest BCUT2D eigenvalue weighted by molar-refractivity contribution is 7.15. The summed E-state index contributed by atoms with van der Waals surface area (Å²) >= 11 is 1.69. The molecule has 2 aromatic heterocycles. The Hall–Kier alpha value is -1.13. The first-order valence-corrected chi connectivity index (χ1v) is 7.11. The van der Waals surface area contributed by atoms with Gasteiger partial charge in [0.1, 0.15) is 0 Å². The summed E-state index contributed by atoms with van der Waals surface area (Å²) in [6.45, 7) is 11.6. The lowest BCUT2D eigenvalue weighted by atomic mass is 10.1. The molecular weight excluding hydrogens is 242 g/mol. The summed E-state index contributed by atoms with van der Waals surface area (Å²) in [5, 5.41) is 5.59. The zero-order valence-electron chi connectivity index (χ0n) is 11.7. The predicted octanol–water partition coefficient (Wildman–Crippen LogP) is 3.41. The Kier molecular flexibility index (Phi) is 3.59. The first kappa shape index (κ1) is 13.3. The summed E-state index contributed by atoms with van der Waals surface area (Å²) in [5.41, 5.74) is 3.69. The van der Waals surface area contributed by atoms with Crippen molar-refractivity contribution in [3.63, 3.8) is 0 Å². The van der Waals surface area contributed by atoms with E-state index in [2.05, 4.69) is 66.9 Å². The molecule has 1 N–H and O–H groups in total. The molecule has 0 radical (unpaired) electrons. The number of hydrogen-bond acceptors (Lipinski definition) is 3. The van der Waals surface area contributed by atoms with Crippen molar-refractivity contribution in [3.8, 4) is 0 Å². The molecule has 3 nitrogen and oxygen atoms in total. The van der Waals surface area contributed by atoms with Gasteiger partial charge in [-0.25, -0.2) is 4.98 Å². The quantitative estimate of drug-likeness (QED) is 0.919. The SMILES string of the molecule is Cc1nc2scc(C)n2c1C=CCNC(C)(C)C. The van der Waals surface area contributed by atoms with E-state index in [0.29, 0.717) is 0 Å². The molecule has 0 aliphatic carbocycles. The largest absolute Gasteiger partial charge is 0.309 e. The van der Waals surface area contributed by atoms with Crippen molar-refractivity contribution in [2.45, 2.75) is 40.2 Å². The average Bonchev–Trinajstić information content (AvgIpc) is 2.74. The van der Waals surface area contributed by atoms with E-state index in [9.17, 15) is 0 Å². The number of imidazole rings is 1. The van der Waals surface area contributed by atoms with Crippen LogP contribution in [0.5, 0.6) is 0 Å². The molecule has 0 fully saturated rings. The lowest BCUT2D eigenvalue weighted by Gasteiger charge is -2.18. The molecule has 2 aromatic rings. The number of nitrogens with zero attached hydrogens (tertiary/aromatic N) is 2. The maximum atomic E-state index is 4.57. The first-order chi connectivity index (χ1) is 8.38. The van der Waals surface area contributed by atoms with Gasteiger partial charge in [0.2, 0.25) is 0 Å². The van der Waals surface area contributed by atoms with Crippen LogP contribution >= 0.6 is 11.3 Å². The summed E-state index contributed by atoms with van der Waals surface area (Å²) in [6, 6.07) is 0. The van der Waals surface area contributed by atoms with Crippen molar-refractivity contribution in [1.82, 2.24) is 14.7 Å². The van der Waals surface area contributed by atoms with Crippen molar-refractivity contribution in [1.29, 1.82) is 0 Å². The maximum absolute atomic E-state index is 4.57. The highest BCUT2D eigenvalue weighted by Gasteiger charge is 2.10. The van der Waals surface area contributed by atoms with Crippen LogP contribution in [0.15, 0.2) is 11.5 Å². The van der Waals surface area contributed by atoms with Crippen molar-refractivity contribution >= 4 is 22.4 Å². The molecule has 0 saturated heterocycles. The molecule has 0 bridgehead atoms. The highest BCUT2D eigenvalue weighted by atomic mass is 32.1. The van der Waals surface area contributed by atoms with E-state index in [0.717, 1.165) is 17.2 Å². The molecule has 0 aliphatic heterocycles. The predicted molar refractivity (Wildman–Crippen MR) is 79.3 cm³/mol. The second kappa shape index (κ2) is 4.86. The van der Waals surface area contributed by atoms with Crippen LogP contribution in [0.25, 0.3) is 11.0 Å². The Balaban J connectivity index is 2.18. The van der Waals surface area contributed by atoms with Gasteiger partial charge in [-0.15, -0.1) is 11.3 Å². The minimum absolute atomic E-state index is 0.157. The van der Waals surface area contributed by atoms with Crippen LogP contribution in [-0.2, 0) is 0 Å². The normalized spacial score (nSPS) is 12.9. The fraction of sp³-hybridized carbons (Fsp3) is 0.500. The minimum Gasteiger partial charge on any atom is -0.309 e. The molecule has 18 heavy (non-hydrogen) atoms. The van der Waals surface area contributed by atoms with Gasteiger partial charge in [0.15, 0.2) is 4.96 Å². The Bertz CT molecular complexity index is 570. The van der Waals surface area contributed by atoms with E-state index in [4.69, 9.17) is 0 Å². The molecule has 2 heterocycles. The van der Waals surface area contributed by atoms with Crippen LogP contribution in [0.2, 0.25) is 0 Å². The third-order valence-corrected chi connectivity index (χ3v) is 3.72.